The van der Waals surface area contributed by atoms with Crippen molar-refractivity contribution in [1.82, 2.24) is 24.3 Å². The molecular weight excluding hydrogens is 606 g/mol. The molecule has 16 heteroatoms. The number of alkyl halides is 3. The smallest absolute Gasteiger partial charge is 0.475 e. The number of aliphatic carboxylic acids is 1. The van der Waals surface area contributed by atoms with Crippen LogP contribution in [-0.2, 0) is 11.3 Å². The highest BCUT2D eigenvalue weighted by atomic mass is 35.5. The normalized spacial score (nSPS) is 11.2. The van der Waals surface area contributed by atoms with Gasteiger partial charge in [-0.15, -0.1) is 11.3 Å². The molecule has 0 fully saturated rings. The van der Waals surface area contributed by atoms with Gasteiger partial charge in [0.15, 0.2) is 5.13 Å². The zero-order valence-corrected chi connectivity index (χ0v) is 23.1. The predicted molar refractivity (Wildman–Crippen MR) is 148 cm³/mol. The van der Waals surface area contributed by atoms with Crippen molar-refractivity contribution in [3.05, 3.63) is 81.3 Å². The number of carbonyl (C=O) groups excluding carboxylic acids is 1. The van der Waals surface area contributed by atoms with Crippen LogP contribution in [0.3, 0.4) is 0 Å². The van der Waals surface area contributed by atoms with E-state index in [1.54, 1.807) is 35.1 Å². The first-order valence-electron chi connectivity index (χ1n) is 11.4. The van der Waals surface area contributed by atoms with Gasteiger partial charge in [0.25, 0.3) is 5.91 Å². The lowest BCUT2D eigenvalue weighted by atomic mass is 10.0. The maximum absolute atomic E-state index is 13.0. The molecule has 0 unspecified atom stereocenters. The van der Waals surface area contributed by atoms with Crippen molar-refractivity contribution < 1.29 is 27.9 Å². The van der Waals surface area contributed by atoms with Crippen LogP contribution in [0.1, 0.15) is 21.7 Å². The molecule has 5 rings (SSSR count). The first kappa shape index (κ1) is 29.9. The molecular formula is C25H18Cl2F3N7O3S. The quantitative estimate of drug-likeness (QED) is 0.220. The van der Waals surface area contributed by atoms with E-state index in [1.807, 2.05) is 30.5 Å². The van der Waals surface area contributed by atoms with Gasteiger partial charge < -0.3 is 10.8 Å². The molecule has 0 radical (unpaired) electrons. The Balaban J connectivity index is 0.000000493. The largest absolute Gasteiger partial charge is 0.490 e. The van der Waals surface area contributed by atoms with Crippen molar-refractivity contribution in [3.63, 3.8) is 0 Å². The molecule has 0 aliphatic heterocycles. The first-order chi connectivity index (χ1) is 19.4. The summed E-state index contributed by atoms with van der Waals surface area (Å²) in [5, 5.41) is 13.2. The third-order valence-corrected chi connectivity index (χ3v) is 6.77. The van der Waals surface area contributed by atoms with Crippen LogP contribution in [0.15, 0.2) is 54.3 Å². The van der Waals surface area contributed by atoms with E-state index in [-0.39, 0.29) is 12.2 Å². The summed E-state index contributed by atoms with van der Waals surface area (Å²) in [4.78, 5) is 39.4. The van der Waals surface area contributed by atoms with E-state index in [9.17, 15) is 18.0 Å². The molecule has 5 aromatic rings. The standard InChI is InChI=1S/C23H17Cl2N7OS.C2HF3O2/c1-12-16(8-26)20(15-5-4-14(24)7-17(15)25)32-10-18(29-22(32)28-12)21(33)31-23-30-19(11-34-23)13-3-2-6-27-9-13;3-2(4,5)1(6)7/h2-7,9-11H,8,26H2,1H3,(H,30,31,33);(H,6,7). The minimum absolute atomic E-state index is 0.186. The number of carboxylic acid groups (broad SMARTS) is 1. The van der Waals surface area contributed by atoms with Gasteiger partial charge in [0.1, 0.15) is 5.69 Å². The molecule has 212 valence electrons. The van der Waals surface area contributed by atoms with Crippen molar-refractivity contribution >= 4 is 57.3 Å². The van der Waals surface area contributed by atoms with Crippen molar-refractivity contribution in [3.8, 4) is 22.5 Å². The van der Waals surface area contributed by atoms with Gasteiger partial charge in [0.2, 0.25) is 5.78 Å². The molecule has 4 heterocycles. The predicted octanol–water partition coefficient (Wildman–Crippen LogP) is 5.87. The summed E-state index contributed by atoms with van der Waals surface area (Å²) in [6.07, 6.45) is -0.0549. The first-order valence-corrected chi connectivity index (χ1v) is 13.0. The third-order valence-electron chi connectivity index (χ3n) is 5.47. The van der Waals surface area contributed by atoms with Crippen LogP contribution in [0.4, 0.5) is 18.3 Å². The van der Waals surface area contributed by atoms with Gasteiger partial charge in [-0.3, -0.25) is 19.5 Å². The number of rotatable bonds is 5. The lowest BCUT2D eigenvalue weighted by Crippen LogP contribution is -2.21. The number of hydrogen-bond donors (Lipinski definition) is 3. The Bertz CT molecular complexity index is 1740. The summed E-state index contributed by atoms with van der Waals surface area (Å²) < 4.78 is 33.5. The van der Waals surface area contributed by atoms with Gasteiger partial charge in [-0.1, -0.05) is 23.2 Å². The Labute approximate surface area is 243 Å². The van der Waals surface area contributed by atoms with Crippen LogP contribution in [0.2, 0.25) is 10.0 Å². The van der Waals surface area contributed by atoms with E-state index in [1.165, 1.54) is 11.3 Å². The highest BCUT2D eigenvalue weighted by Crippen LogP contribution is 2.34. The second kappa shape index (κ2) is 12.2. The molecule has 1 amide bonds. The van der Waals surface area contributed by atoms with Crippen LogP contribution in [0, 0.1) is 6.92 Å². The monoisotopic (exact) mass is 623 g/mol. The number of aromatic nitrogens is 5. The van der Waals surface area contributed by atoms with Crippen molar-refractivity contribution in [1.29, 1.82) is 0 Å². The van der Waals surface area contributed by atoms with E-state index in [2.05, 4.69) is 25.3 Å². The number of nitrogens with one attached hydrogen (secondary N) is 1. The van der Waals surface area contributed by atoms with Crippen molar-refractivity contribution in [2.24, 2.45) is 5.73 Å². The van der Waals surface area contributed by atoms with Crippen molar-refractivity contribution in [2.45, 2.75) is 19.6 Å². The number of anilines is 1. The summed E-state index contributed by atoms with van der Waals surface area (Å²) in [5.74, 6) is -2.80. The minimum atomic E-state index is -5.08. The van der Waals surface area contributed by atoms with E-state index < -0.39 is 18.1 Å². The minimum Gasteiger partial charge on any atom is -0.475 e. The average molecular weight is 624 g/mol. The van der Waals surface area contributed by atoms with Crippen LogP contribution < -0.4 is 11.1 Å². The summed E-state index contributed by atoms with van der Waals surface area (Å²) in [5.41, 5.74) is 10.8. The van der Waals surface area contributed by atoms with Crippen LogP contribution in [0.5, 0.6) is 0 Å². The number of halogens is 5. The Morgan fingerprint density at radius 1 is 1.17 bits per heavy atom. The number of imidazole rings is 1. The Morgan fingerprint density at radius 3 is 2.51 bits per heavy atom. The third kappa shape index (κ3) is 6.79. The van der Waals surface area contributed by atoms with E-state index in [0.717, 1.165) is 16.8 Å². The molecule has 10 nitrogen and oxygen atoms in total. The molecule has 0 saturated heterocycles. The highest BCUT2D eigenvalue weighted by molar-refractivity contribution is 7.14. The molecule has 41 heavy (non-hydrogen) atoms. The molecule has 0 spiro atoms. The van der Waals surface area contributed by atoms with Gasteiger partial charge in [-0.05, 0) is 37.3 Å². The summed E-state index contributed by atoms with van der Waals surface area (Å²) in [7, 11) is 0. The number of nitrogens with two attached hydrogens (primary N) is 1. The van der Waals surface area contributed by atoms with Gasteiger partial charge in [0, 0.05) is 57.9 Å². The van der Waals surface area contributed by atoms with E-state index in [0.29, 0.717) is 37.9 Å². The number of pyridine rings is 1. The number of fused-ring (bicyclic) bond motifs is 1. The van der Waals surface area contributed by atoms with Crippen LogP contribution in [0.25, 0.3) is 28.3 Å². The molecule has 1 aromatic carbocycles. The van der Waals surface area contributed by atoms with Crippen LogP contribution >= 0.6 is 34.5 Å². The molecule has 0 bridgehead atoms. The lowest BCUT2D eigenvalue weighted by molar-refractivity contribution is -0.192. The number of nitrogens with zero attached hydrogens (tertiary/aromatic N) is 5. The summed E-state index contributed by atoms with van der Waals surface area (Å²) in [6.45, 7) is 2.08. The fourth-order valence-electron chi connectivity index (χ4n) is 3.61. The van der Waals surface area contributed by atoms with E-state index >= 15 is 0 Å². The van der Waals surface area contributed by atoms with Gasteiger partial charge in [-0.25, -0.2) is 19.7 Å². The fourth-order valence-corrected chi connectivity index (χ4v) is 4.83. The highest BCUT2D eigenvalue weighted by Gasteiger charge is 2.38. The molecule has 4 aromatic heterocycles. The SMILES string of the molecule is Cc1nc2nc(C(=O)Nc3nc(-c4cccnc4)cs3)cn2c(-c2ccc(Cl)cc2Cl)c1CN.O=C(O)C(F)(F)F. The average Bonchev–Trinajstić information content (AvgIpc) is 3.56. The van der Waals surface area contributed by atoms with Crippen LogP contribution in [-0.4, -0.2) is 47.5 Å². The number of amides is 1. The van der Waals surface area contributed by atoms with Gasteiger partial charge >= 0.3 is 12.1 Å². The summed E-state index contributed by atoms with van der Waals surface area (Å²) in [6, 6.07) is 8.96. The van der Waals surface area contributed by atoms with E-state index in [4.69, 9.17) is 38.8 Å². The lowest BCUT2D eigenvalue weighted by Gasteiger charge is -2.14. The Kier molecular flexibility index (Phi) is 8.87. The fraction of sp³-hybridized carbons (Fsp3) is 0.120. The topological polar surface area (TPSA) is 148 Å². The second-order valence-electron chi connectivity index (χ2n) is 8.19. The van der Waals surface area contributed by atoms with Gasteiger partial charge in [-0.2, -0.15) is 13.2 Å². The molecule has 0 aliphatic rings. The Morgan fingerprint density at radius 2 is 1.90 bits per heavy atom. The molecule has 0 saturated carbocycles. The zero-order valence-electron chi connectivity index (χ0n) is 20.8. The molecule has 0 atom stereocenters. The number of aryl methyl sites for hydroxylation is 1. The number of carbonyl (C=O) groups is 2. The van der Waals surface area contributed by atoms with Gasteiger partial charge in [0.05, 0.1) is 16.4 Å². The molecule has 4 N–H and O–H groups in total. The Hall–Kier alpha value is -4.11. The summed E-state index contributed by atoms with van der Waals surface area (Å²) >= 11 is 13.9. The maximum Gasteiger partial charge on any atom is 0.490 e. The number of carboxylic acids is 1. The zero-order chi connectivity index (χ0) is 29.9. The number of hydrogen-bond acceptors (Lipinski definition) is 8. The number of thiazole rings is 1. The second-order valence-corrected chi connectivity index (χ2v) is 9.89. The van der Waals surface area contributed by atoms with Crippen molar-refractivity contribution in [2.75, 3.05) is 5.32 Å². The molecule has 0 aliphatic carbocycles. The maximum atomic E-state index is 13.0. The number of benzene rings is 1.